The van der Waals surface area contributed by atoms with Crippen LogP contribution >= 0.6 is 0 Å². The van der Waals surface area contributed by atoms with Crippen molar-refractivity contribution in [1.29, 1.82) is 5.26 Å². The molecule has 6 heterocycles. The summed E-state index contributed by atoms with van der Waals surface area (Å²) >= 11 is 0. The number of carbonyl (C=O) groups is 5. The Kier molecular flexibility index (Phi) is 10.6. The van der Waals surface area contributed by atoms with Crippen LogP contribution in [0.15, 0.2) is 54.7 Å². The van der Waals surface area contributed by atoms with Gasteiger partial charge in [-0.2, -0.15) is 5.26 Å². The molecule has 0 spiro atoms. The van der Waals surface area contributed by atoms with Gasteiger partial charge in [-0.3, -0.25) is 44.1 Å². The number of ether oxygens (including phenoxy) is 1. The van der Waals surface area contributed by atoms with Crippen molar-refractivity contribution in [3.63, 3.8) is 0 Å². The Bertz CT molecular complexity index is 2560. The lowest BCUT2D eigenvalue weighted by Crippen LogP contribution is -2.74. The molecule has 1 unspecified atom stereocenters. The fraction of sp³-hybridized carbons (Fsp3) is 0.457. The van der Waals surface area contributed by atoms with E-state index in [1.807, 2.05) is 29.2 Å². The van der Waals surface area contributed by atoms with Crippen LogP contribution in [0.3, 0.4) is 0 Å². The number of piperazine rings is 1. The lowest BCUT2D eigenvalue weighted by Gasteiger charge is -2.63. The standard InChI is InChI=1S/C46H49FN10O6/c1-45(2)43(46(3,4)44(45)63-35-10-7-27(24-48)38-28(35)6-5-15-49-38)51-39(59)32-8-11-36(53-52-32)56-16-13-26(14-17-56)25-54-18-20-55(21-19-54)34-23-30-29(22-31(34)47)41(61)57(42(30)62)33-9-12-37(58)50-40(33)60/h5-8,10-11,15,22-23,26,33,43-44H,9,12-14,16-21,25H2,1-4H3,(H,51,59)(H,50,58,60)/t33?,43-,44-. The molecule has 4 fully saturated rings. The second-order valence-electron chi connectivity index (χ2n) is 18.5. The molecule has 5 aliphatic rings. The van der Waals surface area contributed by atoms with Gasteiger partial charge in [0.2, 0.25) is 11.8 Å². The Labute approximate surface area is 363 Å². The number of amides is 5. The summed E-state index contributed by atoms with van der Waals surface area (Å²) in [6.07, 6.45) is 3.37. The SMILES string of the molecule is CC1(C)[C@H](NC(=O)c2ccc(N3CCC(CN4CCN(c5cc6c(cc5F)C(=O)N(C5CCC(=O)NC5=O)C6=O)CC4)CC3)nn2)C(C)(C)[C@H]1Oc1ccc(C#N)c2ncccc12. The quantitative estimate of drug-likeness (QED) is 0.229. The third-order valence-corrected chi connectivity index (χ3v) is 13.8. The van der Waals surface area contributed by atoms with E-state index in [0.717, 1.165) is 54.6 Å². The van der Waals surface area contributed by atoms with Crippen molar-refractivity contribution in [2.75, 3.05) is 55.6 Å². The van der Waals surface area contributed by atoms with Gasteiger partial charge in [-0.15, -0.1) is 10.2 Å². The van der Waals surface area contributed by atoms with E-state index in [9.17, 15) is 29.2 Å². The summed E-state index contributed by atoms with van der Waals surface area (Å²) in [4.78, 5) is 75.8. The molecule has 3 saturated heterocycles. The number of carbonyl (C=O) groups excluding carboxylic acids is 5. The molecule has 9 rings (SSSR count). The van der Waals surface area contributed by atoms with Crippen LogP contribution < -0.4 is 25.2 Å². The Balaban J connectivity index is 0.748. The highest BCUT2D eigenvalue weighted by Gasteiger charge is 2.64. The lowest BCUT2D eigenvalue weighted by atomic mass is 9.49. The normalized spacial score (nSPS) is 23.6. The number of nitrogens with one attached hydrogen (secondary N) is 2. The summed E-state index contributed by atoms with van der Waals surface area (Å²) in [6, 6.07) is 14.2. The molecule has 1 saturated carbocycles. The van der Waals surface area contributed by atoms with Crippen molar-refractivity contribution in [3.05, 3.63) is 82.9 Å². The number of nitriles is 1. The first-order valence-electron chi connectivity index (χ1n) is 21.5. The van der Waals surface area contributed by atoms with Gasteiger partial charge >= 0.3 is 0 Å². The van der Waals surface area contributed by atoms with Gasteiger partial charge in [0.25, 0.3) is 17.7 Å². The molecule has 5 amide bonds. The fourth-order valence-corrected chi connectivity index (χ4v) is 10.7. The zero-order chi connectivity index (χ0) is 44.4. The number of aromatic nitrogens is 3. The molecular weight excluding hydrogens is 808 g/mol. The van der Waals surface area contributed by atoms with E-state index in [-0.39, 0.29) is 53.4 Å². The second kappa shape index (κ2) is 16.0. The molecule has 17 heteroatoms. The third-order valence-electron chi connectivity index (χ3n) is 13.8. The first-order valence-corrected chi connectivity index (χ1v) is 21.5. The molecule has 2 aromatic heterocycles. The van der Waals surface area contributed by atoms with Crippen LogP contribution in [0.4, 0.5) is 15.9 Å². The van der Waals surface area contributed by atoms with Gasteiger partial charge in [-0.05, 0) is 73.7 Å². The van der Waals surface area contributed by atoms with Gasteiger partial charge < -0.3 is 19.9 Å². The molecule has 0 radical (unpaired) electrons. The van der Waals surface area contributed by atoms with Crippen LogP contribution in [0.5, 0.6) is 5.75 Å². The number of hydrogen-bond donors (Lipinski definition) is 2. The highest BCUT2D eigenvalue weighted by atomic mass is 19.1. The summed E-state index contributed by atoms with van der Waals surface area (Å²) < 4.78 is 22.1. The summed E-state index contributed by atoms with van der Waals surface area (Å²) in [6.45, 7) is 13.3. The van der Waals surface area contributed by atoms with Crippen LogP contribution in [0, 0.1) is 33.9 Å². The maximum Gasteiger partial charge on any atom is 0.272 e. The van der Waals surface area contributed by atoms with Crippen molar-refractivity contribution in [3.8, 4) is 11.8 Å². The maximum atomic E-state index is 15.5. The van der Waals surface area contributed by atoms with Crippen molar-refractivity contribution in [2.45, 2.75) is 71.6 Å². The molecule has 4 aliphatic heterocycles. The zero-order valence-corrected chi connectivity index (χ0v) is 35.7. The largest absolute Gasteiger partial charge is 0.488 e. The first kappa shape index (κ1) is 41.8. The number of pyridine rings is 1. The van der Waals surface area contributed by atoms with Crippen LogP contribution in [0.1, 0.15) is 90.1 Å². The van der Waals surface area contributed by atoms with E-state index < -0.39 is 46.3 Å². The number of benzene rings is 2. The fourth-order valence-electron chi connectivity index (χ4n) is 10.7. The van der Waals surface area contributed by atoms with Gasteiger partial charge in [0, 0.05) is 80.7 Å². The van der Waals surface area contributed by atoms with Crippen molar-refractivity contribution < 1.29 is 33.1 Å². The molecule has 1 aliphatic carbocycles. The predicted octanol–water partition coefficient (Wildman–Crippen LogP) is 4.09. The van der Waals surface area contributed by atoms with E-state index in [2.05, 4.69) is 69.4 Å². The third kappa shape index (κ3) is 7.39. The molecular formula is C46H49FN10O6. The lowest BCUT2D eigenvalue weighted by molar-refractivity contribution is -0.163. The average Bonchev–Trinajstić information content (AvgIpc) is 3.51. The minimum atomic E-state index is -1.11. The van der Waals surface area contributed by atoms with Crippen molar-refractivity contribution >= 4 is 51.9 Å². The second-order valence-corrected chi connectivity index (χ2v) is 18.5. The Hall–Kier alpha value is -6.54. The van der Waals surface area contributed by atoms with Crippen LogP contribution in [0.2, 0.25) is 0 Å². The van der Waals surface area contributed by atoms with E-state index in [4.69, 9.17) is 4.74 Å². The van der Waals surface area contributed by atoms with E-state index in [1.54, 1.807) is 18.3 Å². The van der Waals surface area contributed by atoms with Gasteiger partial charge in [0.05, 0.1) is 27.9 Å². The number of nitrogens with zero attached hydrogens (tertiary/aromatic N) is 8. The first-order chi connectivity index (χ1) is 30.1. The summed E-state index contributed by atoms with van der Waals surface area (Å²) in [5, 5.41) is 24.5. The van der Waals surface area contributed by atoms with E-state index in [1.165, 1.54) is 6.07 Å². The van der Waals surface area contributed by atoms with E-state index in [0.29, 0.717) is 48.9 Å². The molecule has 326 valence electrons. The molecule has 2 N–H and O–H groups in total. The molecule has 1 atom stereocenters. The average molecular weight is 857 g/mol. The summed E-state index contributed by atoms with van der Waals surface area (Å²) in [5.74, 6) is -1.63. The smallest absolute Gasteiger partial charge is 0.272 e. The topological polar surface area (TPSA) is 194 Å². The number of halogens is 1. The number of fused-ring (bicyclic) bond motifs is 2. The number of rotatable bonds is 9. The van der Waals surface area contributed by atoms with Gasteiger partial charge in [0.1, 0.15) is 29.8 Å². The highest BCUT2D eigenvalue weighted by Crippen LogP contribution is 2.56. The minimum absolute atomic E-state index is 0.00984. The molecule has 2 aromatic carbocycles. The zero-order valence-electron chi connectivity index (χ0n) is 35.7. The minimum Gasteiger partial charge on any atom is -0.488 e. The molecule has 0 bridgehead atoms. The highest BCUT2D eigenvalue weighted by molar-refractivity contribution is 6.23. The van der Waals surface area contributed by atoms with Gasteiger partial charge in [-0.25, -0.2) is 4.39 Å². The van der Waals surface area contributed by atoms with Gasteiger partial charge in [0.15, 0.2) is 11.5 Å². The number of imide groups is 2. The molecule has 16 nitrogen and oxygen atoms in total. The Morgan fingerprint density at radius 1 is 0.905 bits per heavy atom. The number of hydrogen-bond acceptors (Lipinski definition) is 13. The Morgan fingerprint density at radius 3 is 2.29 bits per heavy atom. The molecule has 63 heavy (non-hydrogen) atoms. The van der Waals surface area contributed by atoms with Crippen molar-refractivity contribution in [1.82, 2.24) is 35.6 Å². The summed E-state index contributed by atoms with van der Waals surface area (Å²) in [5.41, 5.74) is 0.697. The monoisotopic (exact) mass is 856 g/mol. The molecule has 4 aromatic rings. The van der Waals surface area contributed by atoms with Crippen LogP contribution in [-0.4, -0.2) is 119 Å². The Morgan fingerprint density at radius 2 is 1.62 bits per heavy atom. The maximum absolute atomic E-state index is 15.5. The van der Waals surface area contributed by atoms with Crippen LogP contribution in [-0.2, 0) is 9.59 Å². The van der Waals surface area contributed by atoms with Gasteiger partial charge in [-0.1, -0.05) is 27.7 Å². The number of anilines is 2. The summed E-state index contributed by atoms with van der Waals surface area (Å²) in [7, 11) is 0. The van der Waals surface area contributed by atoms with E-state index >= 15 is 4.39 Å². The van der Waals surface area contributed by atoms with Crippen LogP contribution in [0.25, 0.3) is 10.9 Å². The predicted molar refractivity (Wildman–Crippen MR) is 228 cm³/mol. The van der Waals surface area contributed by atoms with Crippen molar-refractivity contribution in [2.24, 2.45) is 16.7 Å². The number of piperidine rings is 2.